The van der Waals surface area contributed by atoms with Gasteiger partial charge in [-0.15, -0.1) is 0 Å². The van der Waals surface area contributed by atoms with Gasteiger partial charge >= 0.3 is 17.9 Å². The molecule has 29 heavy (non-hydrogen) atoms. The van der Waals surface area contributed by atoms with E-state index in [9.17, 15) is 24.0 Å². The Bertz CT molecular complexity index is 835. The first-order chi connectivity index (χ1) is 13.6. The minimum atomic E-state index is -1.40. The number of rotatable bonds is 5. The summed E-state index contributed by atoms with van der Waals surface area (Å²) in [6.45, 7) is 3.87. The van der Waals surface area contributed by atoms with E-state index >= 15 is 0 Å². The fraction of sp³-hybridized carbons (Fsp3) is 0.625. The molecule has 4 atom stereocenters. The molecule has 1 saturated heterocycles. The van der Waals surface area contributed by atoms with E-state index in [0.717, 1.165) is 0 Å². The lowest BCUT2D eigenvalue weighted by molar-refractivity contribution is -0.176. The summed E-state index contributed by atoms with van der Waals surface area (Å²) in [4.78, 5) is 60.6. The van der Waals surface area contributed by atoms with Crippen molar-refractivity contribution in [2.75, 3.05) is 13.2 Å². The molecule has 1 unspecified atom stereocenters. The Kier molecular flexibility index (Phi) is 7.45. The van der Waals surface area contributed by atoms with Crippen LogP contribution in [0.1, 0.15) is 31.3 Å². The van der Waals surface area contributed by atoms with Crippen LogP contribution in [0.2, 0.25) is 0 Å². The van der Waals surface area contributed by atoms with E-state index in [1.807, 2.05) is 0 Å². The van der Waals surface area contributed by atoms with Gasteiger partial charge < -0.3 is 25.3 Å². The number of nitrogens with two attached hydrogens (primary N) is 1. The molecule has 1 aliphatic heterocycles. The third-order valence-electron chi connectivity index (χ3n) is 4.13. The van der Waals surface area contributed by atoms with E-state index in [1.165, 1.54) is 6.92 Å². The van der Waals surface area contributed by atoms with Crippen molar-refractivity contribution in [2.45, 2.75) is 39.0 Å². The van der Waals surface area contributed by atoms with Gasteiger partial charge in [-0.3, -0.25) is 23.6 Å². The maximum Gasteiger partial charge on any atom is 0.332 e. The third-order valence-corrected chi connectivity index (χ3v) is 4.68. The summed E-state index contributed by atoms with van der Waals surface area (Å²) >= 11 is 0.668. The molecule has 0 bridgehead atoms. The molecule has 4 N–H and O–H groups in total. The number of aromatic nitrogens is 2. The minimum Gasteiger partial charge on any atom is -0.462 e. The minimum absolute atomic E-state index is 0.220. The van der Waals surface area contributed by atoms with Crippen LogP contribution < -0.4 is 16.6 Å². The number of aromatic amines is 1. The van der Waals surface area contributed by atoms with Gasteiger partial charge in [0, 0.05) is 18.3 Å². The monoisotopic (exact) mass is 430 g/mol. The van der Waals surface area contributed by atoms with Crippen molar-refractivity contribution < 1.29 is 33.4 Å². The van der Waals surface area contributed by atoms with E-state index in [-0.39, 0.29) is 6.54 Å². The average molecular weight is 430 g/mol. The fourth-order valence-corrected chi connectivity index (χ4v) is 2.97. The largest absolute Gasteiger partial charge is 0.462 e. The van der Waals surface area contributed by atoms with Gasteiger partial charge in [0.2, 0.25) is 5.69 Å². The van der Waals surface area contributed by atoms with Crippen molar-refractivity contribution in [3.63, 3.8) is 0 Å². The van der Waals surface area contributed by atoms with Gasteiger partial charge in [-0.05, 0) is 6.92 Å². The third kappa shape index (κ3) is 5.38. The van der Waals surface area contributed by atoms with E-state index in [1.54, 1.807) is 13.8 Å². The van der Waals surface area contributed by atoms with Crippen LogP contribution in [0.4, 0.5) is 0 Å². The normalized spacial score (nSPS) is 25.3. The highest BCUT2D eigenvalue weighted by atomic mass is 32.1. The number of nitrogens with one attached hydrogen (secondary N) is 2. The summed E-state index contributed by atoms with van der Waals surface area (Å²) < 4.78 is 21.6. The second-order valence-electron chi connectivity index (χ2n) is 6.66. The molecule has 1 aromatic heterocycles. The molecule has 1 aliphatic rings. The van der Waals surface area contributed by atoms with Crippen LogP contribution in [0.15, 0.2) is 4.79 Å². The van der Waals surface area contributed by atoms with Gasteiger partial charge in [0.15, 0.2) is 12.1 Å². The lowest BCUT2D eigenvalue weighted by Crippen LogP contribution is -2.47. The molecule has 0 aliphatic carbocycles. The van der Waals surface area contributed by atoms with Gasteiger partial charge in [-0.1, -0.05) is 13.8 Å². The molecule has 160 valence electrons. The summed E-state index contributed by atoms with van der Waals surface area (Å²) in [6.07, 6.45) is -2.21. The molecule has 13 heteroatoms. The number of hydrogen-bond acceptors (Lipinski definition) is 11. The number of ether oxygens (including phenoxy) is 3. The standard InChI is InChI=1S/C16H22N4O8S/c1-6(2)14(23)28-11-7(3)27-16(25)9(5-26-15(24)8(11)4-17)18-12(21)10-13(22)20-29-19-10/h6-9,11H,4-5,17H2,1-3H3,(H,18,21)(H,20,22)/t7-,8+,9-,11?/m0/s1. The van der Waals surface area contributed by atoms with E-state index in [0.29, 0.717) is 11.7 Å². The summed E-state index contributed by atoms with van der Waals surface area (Å²) in [7, 11) is 0. The van der Waals surface area contributed by atoms with Crippen LogP contribution in [0.25, 0.3) is 0 Å². The molecular weight excluding hydrogens is 408 g/mol. The Balaban J connectivity index is 2.22. The van der Waals surface area contributed by atoms with Crippen LogP contribution in [-0.4, -0.2) is 64.0 Å². The number of cyclic esters (lactones) is 2. The summed E-state index contributed by atoms with van der Waals surface area (Å²) in [5.41, 5.74) is 4.49. The Morgan fingerprint density at radius 3 is 2.59 bits per heavy atom. The van der Waals surface area contributed by atoms with Crippen molar-refractivity contribution in [1.29, 1.82) is 0 Å². The highest BCUT2D eigenvalue weighted by molar-refractivity contribution is 6.99. The highest BCUT2D eigenvalue weighted by Gasteiger charge is 2.41. The van der Waals surface area contributed by atoms with Crippen molar-refractivity contribution in [2.24, 2.45) is 17.6 Å². The zero-order valence-corrected chi connectivity index (χ0v) is 16.8. The molecule has 0 saturated carbocycles. The molecule has 0 radical (unpaired) electrons. The summed E-state index contributed by atoms with van der Waals surface area (Å²) in [5.74, 6) is -4.84. The van der Waals surface area contributed by atoms with E-state index in [4.69, 9.17) is 19.9 Å². The zero-order valence-electron chi connectivity index (χ0n) is 16.0. The van der Waals surface area contributed by atoms with Crippen LogP contribution in [0.5, 0.6) is 0 Å². The van der Waals surface area contributed by atoms with E-state index in [2.05, 4.69) is 14.1 Å². The lowest BCUT2D eigenvalue weighted by atomic mass is 9.98. The van der Waals surface area contributed by atoms with Crippen LogP contribution in [-0.2, 0) is 28.6 Å². The first-order valence-corrected chi connectivity index (χ1v) is 9.55. The molecule has 0 spiro atoms. The van der Waals surface area contributed by atoms with Crippen LogP contribution in [0, 0.1) is 11.8 Å². The van der Waals surface area contributed by atoms with Crippen molar-refractivity contribution in [1.82, 2.24) is 14.1 Å². The molecule has 1 amide bonds. The number of nitrogens with zero attached hydrogens (tertiary/aromatic N) is 1. The predicted octanol–water partition coefficient (Wildman–Crippen LogP) is -1.44. The maximum absolute atomic E-state index is 12.5. The van der Waals surface area contributed by atoms with Crippen molar-refractivity contribution >= 4 is 35.5 Å². The number of carbonyl (C=O) groups is 4. The first kappa shape index (κ1) is 22.5. The molecule has 12 nitrogen and oxygen atoms in total. The molecule has 1 fully saturated rings. The summed E-state index contributed by atoms with van der Waals surface area (Å²) in [5, 5.41) is 2.25. The average Bonchev–Trinajstić information content (AvgIpc) is 3.10. The van der Waals surface area contributed by atoms with Gasteiger partial charge in [0.05, 0.1) is 5.92 Å². The molecular formula is C16H22N4O8S. The first-order valence-electron chi connectivity index (χ1n) is 8.78. The number of amides is 1. The van der Waals surface area contributed by atoms with E-state index < -0.39 is 71.8 Å². The van der Waals surface area contributed by atoms with Crippen LogP contribution >= 0.6 is 11.7 Å². The quantitative estimate of drug-likeness (QED) is 0.370. The number of carbonyl (C=O) groups excluding carboxylic acids is 4. The number of hydrogen-bond donors (Lipinski definition) is 3. The Morgan fingerprint density at radius 2 is 2.03 bits per heavy atom. The van der Waals surface area contributed by atoms with Gasteiger partial charge in [-0.25, -0.2) is 4.79 Å². The van der Waals surface area contributed by atoms with Crippen LogP contribution in [0.3, 0.4) is 0 Å². The second kappa shape index (κ2) is 9.60. The number of H-pyrrole nitrogens is 1. The fourth-order valence-electron chi connectivity index (χ4n) is 2.48. The Hall–Kier alpha value is -2.80. The lowest BCUT2D eigenvalue weighted by Gasteiger charge is -2.28. The maximum atomic E-state index is 12.5. The van der Waals surface area contributed by atoms with Crippen molar-refractivity contribution in [3.8, 4) is 0 Å². The van der Waals surface area contributed by atoms with Crippen molar-refractivity contribution in [3.05, 3.63) is 16.0 Å². The topological polar surface area (TPSA) is 180 Å². The molecule has 2 rings (SSSR count). The summed E-state index contributed by atoms with van der Waals surface area (Å²) in [6, 6.07) is -1.40. The predicted molar refractivity (Wildman–Crippen MR) is 97.8 cm³/mol. The SMILES string of the molecule is CC(C)C(=O)OC1[C@H](C)OC(=O)[C@@H](NC(=O)c2ns[nH]c2=O)COC(=O)[C@@H]1CN. The Morgan fingerprint density at radius 1 is 1.34 bits per heavy atom. The van der Waals surface area contributed by atoms with Gasteiger partial charge in [0.25, 0.3) is 11.5 Å². The molecule has 0 aromatic carbocycles. The molecule has 2 heterocycles. The zero-order chi connectivity index (χ0) is 21.7. The number of esters is 3. The second-order valence-corrected chi connectivity index (χ2v) is 7.23. The smallest absolute Gasteiger partial charge is 0.332 e. The molecule has 1 aromatic rings. The highest BCUT2D eigenvalue weighted by Crippen LogP contribution is 2.20. The Labute approximate surface area is 169 Å². The van der Waals surface area contributed by atoms with Gasteiger partial charge in [-0.2, -0.15) is 4.37 Å². The van der Waals surface area contributed by atoms with Gasteiger partial charge in [0.1, 0.15) is 18.6 Å².